The van der Waals surface area contributed by atoms with E-state index in [4.69, 9.17) is 16.3 Å². The molecule has 122 valence electrons. The lowest BCUT2D eigenvalue weighted by Gasteiger charge is -2.09. The Morgan fingerprint density at radius 1 is 1.25 bits per heavy atom. The van der Waals surface area contributed by atoms with Crippen LogP contribution in [-0.4, -0.2) is 27.3 Å². The zero-order valence-electron chi connectivity index (χ0n) is 13.0. The van der Waals surface area contributed by atoms with Gasteiger partial charge in [0.15, 0.2) is 0 Å². The first-order valence-corrected chi connectivity index (χ1v) is 8.81. The van der Waals surface area contributed by atoms with E-state index in [1.807, 2.05) is 54.8 Å². The van der Waals surface area contributed by atoms with Crippen molar-refractivity contribution >= 4 is 29.6 Å². The van der Waals surface area contributed by atoms with Crippen LogP contribution in [0.2, 0.25) is 5.02 Å². The van der Waals surface area contributed by atoms with Crippen LogP contribution in [0.5, 0.6) is 5.75 Å². The average molecular weight is 359 g/mol. The number of ether oxygens (including phenoxy) is 1. The van der Waals surface area contributed by atoms with E-state index in [0.29, 0.717) is 11.6 Å². The second kappa shape index (κ2) is 7.99. The van der Waals surface area contributed by atoms with Gasteiger partial charge in [-0.15, -0.1) is 10.2 Å². The number of thioether (sulfide) groups is 1. The number of rotatable bonds is 6. The zero-order chi connectivity index (χ0) is 16.8. The highest BCUT2D eigenvalue weighted by Gasteiger charge is 2.04. The summed E-state index contributed by atoms with van der Waals surface area (Å²) in [6, 6.07) is 15.3. The van der Waals surface area contributed by atoms with E-state index in [0.717, 1.165) is 22.0 Å². The lowest BCUT2D eigenvalue weighted by atomic mass is 10.2. The largest absolute Gasteiger partial charge is 0.488 e. The predicted octanol–water partition coefficient (Wildman–Crippen LogP) is 4.11. The van der Waals surface area contributed by atoms with Gasteiger partial charge in [-0.1, -0.05) is 47.6 Å². The summed E-state index contributed by atoms with van der Waals surface area (Å²) in [7, 11) is 0. The van der Waals surface area contributed by atoms with Gasteiger partial charge in [-0.25, -0.2) is 0 Å². The molecule has 0 atom stereocenters. The summed E-state index contributed by atoms with van der Waals surface area (Å²) < 4.78 is 7.53. The molecule has 0 aliphatic carbocycles. The fourth-order valence-electron chi connectivity index (χ4n) is 2.06. The van der Waals surface area contributed by atoms with Crippen LogP contribution < -0.4 is 4.74 Å². The molecule has 0 amide bonds. The lowest BCUT2D eigenvalue weighted by Crippen LogP contribution is -1.99. The molecule has 2 aromatic carbocycles. The number of para-hydroxylation sites is 1. The van der Waals surface area contributed by atoms with Crippen molar-refractivity contribution in [3.63, 3.8) is 0 Å². The average Bonchev–Trinajstić information content (AvgIpc) is 3.06. The maximum atomic E-state index is 6.00. The third-order valence-electron chi connectivity index (χ3n) is 3.21. The SMILES string of the molecule is CSc1nncn1/N=C\c1ccccc1OCc1cccc(Cl)c1. The molecule has 0 fully saturated rings. The summed E-state index contributed by atoms with van der Waals surface area (Å²) in [5.74, 6) is 0.750. The van der Waals surface area contributed by atoms with Gasteiger partial charge in [-0.05, 0) is 36.1 Å². The van der Waals surface area contributed by atoms with Gasteiger partial charge in [0.2, 0.25) is 5.16 Å². The topological polar surface area (TPSA) is 52.3 Å². The molecule has 0 aliphatic heterocycles. The van der Waals surface area contributed by atoms with Crippen molar-refractivity contribution in [3.05, 3.63) is 71.0 Å². The second-order valence-electron chi connectivity index (χ2n) is 4.86. The minimum Gasteiger partial charge on any atom is -0.488 e. The van der Waals surface area contributed by atoms with Crippen LogP contribution >= 0.6 is 23.4 Å². The van der Waals surface area contributed by atoms with Crippen LogP contribution in [0.15, 0.2) is 65.1 Å². The van der Waals surface area contributed by atoms with Crippen molar-refractivity contribution in [2.75, 3.05) is 6.26 Å². The van der Waals surface area contributed by atoms with E-state index in [-0.39, 0.29) is 0 Å². The van der Waals surface area contributed by atoms with Gasteiger partial charge in [-0.2, -0.15) is 9.78 Å². The number of hydrogen-bond donors (Lipinski definition) is 0. The van der Waals surface area contributed by atoms with Gasteiger partial charge in [0, 0.05) is 10.6 Å². The standard InChI is InChI=1S/C17H15ClN4OS/c1-24-17-21-19-12-22(17)20-10-14-6-2-3-8-16(14)23-11-13-5-4-7-15(18)9-13/h2-10,12H,11H2,1H3/b20-10-. The summed E-state index contributed by atoms with van der Waals surface area (Å²) in [6.07, 6.45) is 5.23. The number of hydrogen-bond acceptors (Lipinski definition) is 5. The Hall–Kier alpha value is -2.31. The Morgan fingerprint density at radius 3 is 2.96 bits per heavy atom. The van der Waals surface area contributed by atoms with Crippen molar-refractivity contribution in [2.45, 2.75) is 11.8 Å². The van der Waals surface area contributed by atoms with Gasteiger partial charge in [0.1, 0.15) is 18.7 Å². The van der Waals surface area contributed by atoms with Crippen LogP contribution in [0.25, 0.3) is 0 Å². The number of benzene rings is 2. The highest BCUT2D eigenvalue weighted by Crippen LogP contribution is 2.19. The highest BCUT2D eigenvalue weighted by atomic mass is 35.5. The zero-order valence-corrected chi connectivity index (χ0v) is 14.5. The van der Waals surface area contributed by atoms with Crippen molar-refractivity contribution in [1.29, 1.82) is 0 Å². The number of halogens is 1. The minimum absolute atomic E-state index is 0.439. The third kappa shape index (κ3) is 4.15. The van der Waals surface area contributed by atoms with E-state index in [2.05, 4.69) is 15.3 Å². The summed E-state index contributed by atoms with van der Waals surface area (Å²) in [5, 5.41) is 13.6. The maximum absolute atomic E-state index is 6.00. The van der Waals surface area contributed by atoms with Crippen molar-refractivity contribution in [2.24, 2.45) is 5.10 Å². The maximum Gasteiger partial charge on any atom is 0.211 e. The van der Waals surface area contributed by atoms with E-state index < -0.39 is 0 Å². The molecule has 3 rings (SSSR count). The number of aromatic nitrogens is 3. The smallest absolute Gasteiger partial charge is 0.211 e. The van der Waals surface area contributed by atoms with Gasteiger partial charge in [0.25, 0.3) is 0 Å². The van der Waals surface area contributed by atoms with Gasteiger partial charge < -0.3 is 4.74 Å². The molecule has 0 N–H and O–H groups in total. The van der Waals surface area contributed by atoms with Crippen LogP contribution in [-0.2, 0) is 6.61 Å². The fraction of sp³-hybridized carbons (Fsp3) is 0.118. The molecule has 0 saturated heterocycles. The van der Waals surface area contributed by atoms with Gasteiger partial charge >= 0.3 is 0 Å². The highest BCUT2D eigenvalue weighted by molar-refractivity contribution is 7.98. The quantitative estimate of drug-likeness (QED) is 0.491. The van der Waals surface area contributed by atoms with Crippen LogP contribution in [0.3, 0.4) is 0 Å². The molecule has 0 aliphatic rings. The number of nitrogens with zero attached hydrogens (tertiary/aromatic N) is 4. The summed E-state index contributed by atoms with van der Waals surface area (Å²) >= 11 is 7.48. The predicted molar refractivity (Wildman–Crippen MR) is 97.0 cm³/mol. The Bertz CT molecular complexity index is 850. The first-order chi connectivity index (χ1) is 11.8. The normalized spacial score (nSPS) is 11.1. The molecular formula is C17H15ClN4OS. The molecule has 24 heavy (non-hydrogen) atoms. The molecule has 7 heteroatoms. The summed E-state index contributed by atoms with van der Waals surface area (Å²) in [5.41, 5.74) is 1.89. The molecule has 0 unspecified atom stereocenters. The van der Waals surface area contributed by atoms with Crippen molar-refractivity contribution in [3.8, 4) is 5.75 Å². The Labute approximate surface area is 149 Å². The lowest BCUT2D eigenvalue weighted by molar-refractivity contribution is 0.306. The summed E-state index contributed by atoms with van der Waals surface area (Å²) in [6.45, 7) is 0.439. The molecular weight excluding hydrogens is 344 g/mol. The molecule has 5 nitrogen and oxygen atoms in total. The monoisotopic (exact) mass is 358 g/mol. The molecule has 3 aromatic rings. The Balaban J connectivity index is 1.75. The molecule has 1 heterocycles. The first kappa shape index (κ1) is 16.5. The Kier molecular flexibility index (Phi) is 5.51. The molecule has 0 saturated carbocycles. The fourth-order valence-corrected chi connectivity index (χ4v) is 2.69. The van der Waals surface area contributed by atoms with Gasteiger partial charge in [-0.3, -0.25) is 0 Å². The third-order valence-corrected chi connectivity index (χ3v) is 4.08. The van der Waals surface area contributed by atoms with E-state index in [9.17, 15) is 0 Å². The van der Waals surface area contributed by atoms with E-state index in [1.165, 1.54) is 11.8 Å². The van der Waals surface area contributed by atoms with Gasteiger partial charge in [0.05, 0.1) is 6.21 Å². The first-order valence-electron chi connectivity index (χ1n) is 7.21. The van der Waals surface area contributed by atoms with E-state index >= 15 is 0 Å². The molecule has 0 bridgehead atoms. The molecule has 0 radical (unpaired) electrons. The minimum atomic E-state index is 0.439. The second-order valence-corrected chi connectivity index (χ2v) is 6.07. The Morgan fingerprint density at radius 2 is 2.12 bits per heavy atom. The van der Waals surface area contributed by atoms with E-state index in [1.54, 1.807) is 17.2 Å². The van der Waals surface area contributed by atoms with Crippen molar-refractivity contribution in [1.82, 2.24) is 14.9 Å². The van der Waals surface area contributed by atoms with Crippen LogP contribution in [0, 0.1) is 0 Å². The molecule has 0 spiro atoms. The van der Waals surface area contributed by atoms with Crippen LogP contribution in [0.1, 0.15) is 11.1 Å². The van der Waals surface area contributed by atoms with Crippen LogP contribution in [0.4, 0.5) is 0 Å². The summed E-state index contributed by atoms with van der Waals surface area (Å²) in [4.78, 5) is 0. The molecule has 1 aromatic heterocycles. The van der Waals surface area contributed by atoms with Crippen molar-refractivity contribution < 1.29 is 4.74 Å².